The molecule has 0 atom stereocenters. The Morgan fingerprint density at radius 1 is 1.15 bits per heavy atom. The van der Waals surface area contributed by atoms with Gasteiger partial charge in [0.25, 0.3) is 0 Å². The smallest absolute Gasteiger partial charge is 0.191 e. The van der Waals surface area contributed by atoms with Gasteiger partial charge in [0.1, 0.15) is 5.75 Å². The van der Waals surface area contributed by atoms with Crippen molar-refractivity contribution in [1.82, 2.24) is 10.6 Å². The number of aliphatic imine (C=N–C) groups is 1. The molecule has 3 rings (SSSR count). The molecule has 0 fully saturated rings. The Morgan fingerprint density at radius 2 is 1.93 bits per heavy atom. The summed E-state index contributed by atoms with van der Waals surface area (Å²) in [4.78, 5) is 6.66. The number of nitrogens with zero attached hydrogens (tertiary/aromatic N) is 2. The van der Waals surface area contributed by atoms with Gasteiger partial charge in [0.05, 0.1) is 7.11 Å². The maximum absolute atomic E-state index is 5.40. The van der Waals surface area contributed by atoms with Crippen LogP contribution in [0.25, 0.3) is 0 Å². The summed E-state index contributed by atoms with van der Waals surface area (Å²) in [6, 6.07) is 14.8. The summed E-state index contributed by atoms with van der Waals surface area (Å²) in [5, 5.41) is 6.75. The number of para-hydroxylation sites is 1. The van der Waals surface area contributed by atoms with Crippen molar-refractivity contribution < 1.29 is 4.74 Å². The highest BCUT2D eigenvalue weighted by Crippen LogP contribution is 2.26. The third-order valence-corrected chi connectivity index (χ3v) is 4.82. The molecule has 0 amide bonds. The monoisotopic (exact) mass is 480 g/mol. The normalized spacial score (nSPS) is 13.4. The predicted molar refractivity (Wildman–Crippen MR) is 123 cm³/mol. The van der Waals surface area contributed by atoms with Gasteiger partial charge in [-0.1, -0.05) is 30.3 Å². The third kappa shape index (κ3) is 5.51. The van der Waals surface area contributed by atoms with Gasteiger partial charge in [0.15, 0.2) is 5.96 Å². The van der Waals surface area contributed by atoms with Crippen molar-refractivity contribution in [1.29, 1.82) is 0 Å². The summed E-state index contributed by atoms with van der Waals surface area (Å²) < 4.78 is 5.40. The van der Waals surface area contributed by atoms with Crippen LogP contribution in [0.5, 0.6) is 5.75 Å². The van der Waals surface area contributed by atoms with E-state index in [1.165, 1.54) is 23.2 Å². The number of rotatable bonds is 5. The lowest BCUT2D eigenvalue weighted by atomic mass is 9.99. The summed E-state index contributed by atoms with van der Waals surface area (Å²) >= 11 is 0. The number of hydrogen-bond acceptors (Lipinski definition) is 3. The largest absolute Gasteiger partial charge is 0.496 e. The number of hydrogen-bond donors (Lipinski definition) is 2. The molecule has 0 radical (unpaired) electrons. The van der Waals surface area contributed by atoms with Gasteiger partial charge in [0.2, 0.25) is 0 Å². The van der Waals surface area contributed by atoms with Gasteiger partial charge in [-0.2, -0.15) is 0 Å². The Kier molecular flexibility index (Phi) is 8.22. The highest BCUT2D eigenvalue weighted by Gasteiger charge is 2.13. The quantitative estimate of drug-likeness (QED) is 0.391. The first-order valence-corrected chi connectivity index (χ1v) is 9.10. The first-order valence-electron chi connectivity index (χ1n) is 9.10. The second kappa shape index (κ2) is 10.4. The SMILES string of the molecule is CN=C(NCc1ccc2c(c1)CCCN2C)NCc1ccccc1OC.I. The lowest BCUT2D eigenvalue weighted by Gasteiger charge is -2.28. The standard InChI is InChI=1S/C21H28N4O.HI/c1-22-21(24-15-18-7-4-5-9-20(18)26-3)23-14-16-10-11-19-17(13-16)8-6-12-25(19)2;/h4-5,7,9-11,13H,6,8,12,14-15H2,1-3H3,(H2,22,23,24);1H. The van der Waals surface area contributed by atoms with E-state index in [-0.39, 0.29) is 24.0 Å². The number of halogens is 1. The Morgan fingerprint density at radius 3 is 2.70 bits per heavy atom. The van der Waals surface area contributed by atoms with Crippen LogP contribution in [0.15, 0.2) is 47.5 Å². The zero-order valence-electron chi connectivity index (χ0n) is 16.3. The molecular weight excluding hydrogens is 451 g/mol. The maximum Gasteiger partial charge on any atom is 0.191 e. The molecular formula is C21H29IN4O. The molecule has 0 saturated heterocycles. The predicted octanol–water partition coefficient (Wildman–Crippen LogP) is 3.56. The zero-order chi connectivity index (χ0) is 18.4. The van der Waals surface area contributed by atoms with Gasteiger partial charge in [-0.15, -0.1) is 24.0 Å². The molecule has 0 bridgehead atoms. The number of methoxy groups -OCH3 is 1. The van der Waals surface area contributed by atoms with Crippen LogP contribution in [0.2, 0.25) is 0 Å². The van der Waals surface area contributed by atoms with Crippen LogP contribution < -0.4 is 20.3 Å². The lowest BCUT2D eigenvalue weighted by molar-refractivity contribution is 0.409. The molecule has 27 heavy (non-hydrogen) atoms. The van der Waals surface area contributed by atoms with E-state index in [2.05, 4.69) is 51.8 Å². The van der Waals surface area contributed by atoms with Crippen molar-refractivity contribution in [2.45, 2.75) is 25.9 Å². The van der Waals surface area contributed by atoms with E-state index in [0.717, 1.165) is 36.8 Å². The van der Waals surface area contributed by atoms with E-state index in [9.17, 15) is 0 Å². The highest BCUT2D eigenvalue weighted by atomic mass is 127. The summed E-state index contributed by atoms with van der Waals surface area (Å²) in [6.45, 7) is 2.56. The average Bonchev–Trinajstić information content (AvgIpc) is 2.68. The average molecular weight is 480 g/mol. The molecule has 1 aliphatic rings. The minimum Gasteiger partial charge on any atom is -0.496 e. The fraction of sp³-hybridized carbons (Fsp3) is 0.381. The summed E-state index contributed by atoms with van der Waals surface area (Å²) in [5.74, 6) is 1.67. The molecule has 146 valence electrons. The van der Waals surface area contributed by atoms with Crippen molar-refractivity contribution in [3.05, 3.63) is 59.2 Å². The Bertz CT molecular complexity index is 779. The number of fused-ring (bicyclic) bond motifs is 1. The van der Waals surface area contributed by atoms with Crippen LogP contribution in [-0.2, 0) is 19.5 Å². The van der Waals surface area contributed by atoms with Gasteiger partial charge < -0.3 is 20.3 Å². The molecule has 2 aromatic carbocycles. The van der Waals surface area contributed by atoms with Crippen LogP contribution in [-0.4, -0.2) is 33.7 Å². The molecule has 0 unspecified atom stereocenters. The fourth-order valence-electron chi connectivity index (χ4n) is 3.38. The lowest BCUT2D eigenvalue weighted by Crippen LogP contribution is -2.36. The fourth-order valence-corrected chi connectivity index (χ4v) is 3.38. The van der Waals surface area contributed by atoms with Gasteiger partial charge >= 0.3 is 0 Å². The summed E-state index contributed by atoms with van der Waals surface area (Å²) in [7, 11) is 5.65. The molecule has 0 aromatic heterocycles. The minimum absolute atomic E-state index is 0. The van der Waals surface area contributed by atoms with Crippen LogP contribution >= 0.6 is 24.0 Å². The molecule has 5 nitrogen and oxygen atoms in total. The zero-order valence-corrected chi connectivity index (χ0v) is 18.6. The van der Waals surface area contributed by atoms with E-state index in [4.69, 9.17) is 4.74 Å². The Labute approximate surface area is 179 Å². The van der Waals surface area contributed by atoms with Crippen LogP contribution in [0, 0.1) is 0 Å². The van der Waals surface area contributed by atoms with E-state index >= 15 is 0 Å². The highest BCUT2D eigenvalue weighted by molar-refractivity contribution is 14.0. The first-order chi connectivity index (χ1) is 12.7. The number of aryl methyl sites for hydroxylation is 1. The van der Waals surface area contributed by atoms with Crippen molar-refractivity contribution >= 4 is 35.6 Å². The second-order valence-electron chi connectivity index (χ2n) is 6.58. The minimum atomic E-state index is 0. The molecule has 0 saturated carbocycles. The number of nitrogens with one attached hydrogen (secondary N) is 2. The molecule has 2 N–H and O–H groups in total. The van der Waals surface area contributed by atoms with E-state index < -0.39 is 0 Å². The molecule has 0 spiro atoms. The van der Waals surface area contributed by atoms with Crippen LogP contribution in [0.3, 0.4) is 0 Å². The van der Waals surface area contributed by atoms with E-state index in [0.29, 0.717) is 6.54 Å². The number of guanidine groups is 1. The molecule has 1 aliphatic heterocycles. The van der Waals surface area contributed by atoms with Crippen molar-refractivity contribution in [2.24, 2.45) is 4.99 Å². The number of ether oxygens (including phenoxy) is 1. The van der Waals surface area contributed by atoms with Gasteiger partial charge in [0, 0.05) is 45.0 Å². The van der Waals surface area contributed by atoms with Crippen molar-refractivity contribution in [2.75, 3.05) is 32.6 Å². The maximum atomic E-state index is 5.40. The van der Waals surface area contributed by atoms with Crippen LogP contribution in [0.1, 0.15) is 23.1 Å². The summed E-state index contributed by atoms with van der Waals surface area (Å²) in [5.41, 5.74) is 5.18. The van der Waals surface area contributed by atoms with Crippen molar-refractivity contribution in [3.8, 4) is 5.75 Å². The first kappa shape index (κ1) is 21.3. The summed E-state index contributed by atoms with van der Waals surface area (Å²) in [6.07, 6.45) is 2.39. The van der Waals surface area contributed by atoms with E-state index in [1.54, 1.807) is 14.2 Å². The Balaban J connectivity index is 0.00000261. The molecule has 6 heteroatoms. The number of benzene rings is 2. The van der Waals surface area contributed by atoms with E-state index in [1.807, 2.05) is 18.2 Å². The number of anilines is 1. The second-order valence-corrected chi connectivity index (χ2v) is 6.58. The molecule has 1 heterocycles. The van der Waals surface area contributed by atoms with Gasteiger partial charge in [-0.05, 0) is 36.1 Å². The topological polar surface area (TPSA) is 48.9 Å². The van der Waals surface area contributed by atoms with Gasteiger partial charge in [-0.25, -0.2) is 0 Å². The molecule has 2 aromatic rings. The van der Waals surface area contributed by atoms with Crippen LogP contribution in [0.4, 0.5) is 5.69 Å². The van der Waals surface area contributed by atoms with Gasteiger partial charge in [-0.3, -0.25) is 4.99 Å². The Hall–Kier alpha value is -1.96. The third-order valence-electron chi connectivity index (χ3n) is 4.82. The van der Waals surface area contributed by atoms with Crippen molar-refractivity contribution in [3.63, 3.8) is 0 Å². The molecule has 0 aliphatic carbocycles.